The van der Waals surface area contributed by atoms with Crippen LogP contribution in [0.2, 0.25) is 0 Å². The van der Waals surface area contributed by atoms with E-state index in [1.54, 1.807) is 0 Å². The van der Waals surface area contributed by atoms with Crippen LogP contribution in [-0.2, 0) is 0 Å². The minimum absolute atomic E-state index is 0.0911. The maximum atomic E-state index is 8.89. The summed E-state index contributed by atoms with van der Waals surface area (Å²) in [5.41, 5.74) is 1.16. The van der Waals surface area contributed by atoms with Gasteiger partial charge >= 0.3 is 0 Å². The van der Waals surface area contributed by atoms with Gasteiger partial charge in [-0.15, -0.1) is 0 Å². The molecule has 0 unspecified atom stereocenters. The van der Waals surface area contributed by atoms with Crippen LogP contribution in [0, 0.1) is 34.0 Å². The minimum Gasteiger partial charge on any atom is -0.192 e. The van der Waals surface area contributed by atoms with E-state index in [4.69, 9.17) is 10.5 Å². The van der Waals surface area contributed by atoms with E-state index in [0.29, 0.717) is 5.92 Å². The summed E-state index contributed by atoms with van der Waals surface area (Å²) >= 11 is 0. The molecule has 0 N–H and O–H groups in total. The van der Waals surface area contributed by atoms with Gasteiger partial charge in [0.25, 0.3) is 0 Å². The third kappa shape index (κ3) is 3.91. The number of nitrogens with zero attached hydrogens (tertiary/aromatic N) is 2. The summed E-state index contributed by atoms with van der Waals surface area (Å²) in [6.45, 7) is 10.5. The zero-order valence-electron chi connectivity index (χ0n) is 10.8. The van der Waals surface area contributed by atoms with Gasteiger partial charge in [0.05, 0.1) is 0 Å². The SMILES string of the molecule is C/C=C\C(CC(C)(C)C(C)C)=C(C#N)C#N. The summed E-state index contributed by atoms with van der Waals surface area (Å²) in [5, 5.41) is 17.8. The van der Waals surface area contributed by atoms with Gasteiger partial charge in [0, 0.05) is 0 Å². The number of hydrogen-bond acceptors (Lipinski definition) is 2. The lowest BCUT2D eigenvalue weighted by atomic mass is 9.75. The first-order chi connectivity index (χ1) is 7.38. The molecule has 0 saturated carbocycles. The van der Waals surface area contributed by atoms with Crippen LogP contribution >= 0.6 is 0 Å². The van der Waals surface area contributed by atoms with Crippen LogP contribution in [0.3, 0.4) is 0 Å². The molecule has 0 aliphatic heterocycles. The Labute approximate surface area is 98.9 Å². The highest BCUT2D eigenvalue weighted by molar-refractivity contribution is 5.45. The Morgan fingerprint density at radius 1 is 1.25 bits per heavy atom. The third-order valence-corrected chi connectivity index (χ3v) is 3.12. The molecule has 0 fully saturated rings. The highest BCUT2D eigenvalue weighted by atomic mass is 14.3. The summed E-state index contributed by atoms with van der Waals surface area (Å²) in [6, 6.07) is 3.93. The molecule has 0 spiro atoms. The molecule has 0 aromatic heterocycles. The predicted octanol–water partition coefficient (Wildman–Crippen LogP) is 3.98. The Kier molecular flexibility index (Phi) is 5.54. The highest BCUT2D eigenvalue weighted by Crippen LogP contribution is 2.34. The normalized spacial score (nSPS) is 11.2. The van der Waals surface area contributed by atoms with Gasteiger partial charge in [-0.05, 0) is 30.3 Å². The summed E-state index contributed by atoms with van der Waals surface area (Å²) in [5.74, 6) is 0.506. The van der Waals surface area contributed by atoms with Crippen LogP contribution in [0.15, 0.2) is 23.3 Å². The fourth-order valence-electron chi connectivity index (χ4n) is 1.30. The van der Waals surface area contributed by atoms with Crippen molar-refractivity contribution in [2.45, 2.75) is 41.0 Å². The molecule has 86 valence electrons. The fourth-order valence-corrected chi connectivity index (χ4v) is 1.30. The van der Waals surface area contributed by atoms with Crippen LogP contribution in [0.4, 0.5) is 0 Å². The van der Waals surface area contributed by atoms with Crippen LogP contribution in [0.5, 0.6) is 0 Å². The molecular formula is C14H20N2. The largest absolute Gasteiger partial charge is 0.192 e. The Bertz CT molecular complexity index is 355. The zero-order valence-corrected chi connectivity index (χ0v) is 10.8. The number of allylic oxidation sites excluding steroid dienone is 4. The Hall–Kier alpha value is -1.54. The molecule has 0 heterocycles. The van der Waals surface area contributed by atoms with Crippen molar-refractivity contribution in [3.05, 3.63) is 23.3 Å². The Morgan fingerprint density at radius 3 is 2.06 bits per heavy atom. The van der Waals surface area contributed by atoms with E-state index in [1.807, 2.05) is 31.2 Å². The lowest BCUT2D eigenvalue weighted by molar-refractivity contribution is 0.249. The molecule has 0 bridgehead atoms. The molecule has 0 saturated heterocycles. The molecule has 0 atom stereocenters. The van der Waals surface area contributed by atoms with Gasteiger partial charge in [-0.1, -0.05) is 39.8 Å². The molecule has 0 aromatic carbocycles. The molecule has 0 radical (unpaired) electrons. The molecule has 0 aromatic rings. The molecule has 0 amide bonds. The standard InChI is InChI=1S/C14H20N2/c1-6-7-12(13(9-15)10-16)8-14(4,5)11(2)3/h6-7,11H,8H2,1-5H3/b7-6-. The van der Waals surface area contributed by atoms with E-state index in [0.717, 1.165) is 12.0 Å². The molecule has 0 aliphatic rings. The second-order valence-electron chi connectivity index (χ2n) is 4.94. The smallest absolute Gasteiger partial charge is 0.132 e. The number of hydrogen-bond donors (Lipinski definition) is 0. The maximum absolute atomic E-state index is 8.89. The molecule has 0 aliphatic carbocycles. The number of nitriles is 2. The summed E-state index contributed by atoms with van der Waals surface area (Å²) in [6.07, 6.45) is 4.50. The van der Waals surface area contributed by atoms with Crippen molar-refractivity contribution in [2.75, 3.05) is 0 Å². The van der Waals surface area contributed by atoms with Crippen molar-refractivity contribution < 1.29 is 0 Å². The monoisotopic (exact) mass is 216 g/mol. The summed E-state index contributed by atoms with van der Waals surface area (Å²) in [4.78, 5) is 0. The van der Waals surface area contributed by atoms with Crippen molar-refractivity contribution in [3.8, 4) is 12.1 Å². The molecular weight excluding hydrogens is 196 g/mol. The maximum Gasteiger partial charge on any atom is 0.132 e. The van der Waals surface area contributed by atoms with Gasteiger partial charge in [-0.3, -0.25) is 0 Å². The molecule has 2 heteroatoms. The topological polar surface area (TPSA) is 47.6 Å². The van der Waals surface area contributed by atoms with Crippen LogP contribution in [0.1, 0.15) is 41.0 Å². The second-order valence-corrected chi connectivity index (χ2v) is 4.94. The lowest BCUT2D eigenvalue weighted by Gasteiger charge is -2.29. The van der Waals surface area contributed by atoms with Crippen molar-refractivity contribution in [2.24, 2.45) is 11.3 Å². The molecule has 2 nitrogen and oxygen atoms in total. The van der Waals surface area contributed by atoms with E-state index >= 15 is 0 Å². The van der Waals surface area contributed by atoms with Crippen LogP contribution in [-0.4, -0.2) is 0 Å². The molecule has 16 heavy (non-hydrogen) atoms. The summed E-state index contributed by atoms with van der Waals surface area (Å²) < 4.78 is 0. The third-order valence-electron chi connectivity index (χ3n) is 3.12. The fraction of sp³-hybridized carbons (Fsp3) is 0.571. The van der Waals surface area contributed by atoms with Gasteiger partial charge in [-0.2, -0.15) is 10.5 Å². The Morgan fingerprint density at radius 2 is 1.75 bits per heavy atom. The van der Waals surface area contributed by atoms with Gasteiger partial charge < -0.3 is 0 Å². The van der Waals surface area contributed by atoms with Crippen molar-refractivity contribution >= 4 is 0 Å². The average molecular weight is 216 g/mol. The van der Waals surface area contributed by atoms with Crippen molar-refractivity contribution in [1.82, 2.24) is 0 Å². The zero-order chi connectivity index (χ0) is 12.8. The first-order valence-electron chi connectivity index (χ1n) is 5.55. The second kappa shape index (κ2) is 6.13. The minimum atomic E-state index is 0.0911. The van der Waals surface area contributed by atoms with Gasteiger partial charge in [0.1, 0.15) is 17.7 Å². The van der Waals surface area contributed by atoms with Crippen LogP contribution in [0.25, 0.3) is 0 Å². The predicted molar refractivity (Wildman–Crippen MR) is 66.3 cm³/mol. The van der Waals surface area contributed by atoms with E-state index in [1.165, 1.54) is 0 Å². The quantitative estimate of drug-likeness (QED) is 0.527. The molecule has 0 rings (SSSR count). The average Bonchev–Trinajstić information content (AvgIpc) is 2.19. The van der Waals surface area contributed by atoms with E-state index in [9.17, 15) is 0 Å². The van der Waals surface area contributed by atoms with Crippen LogP contribution < -0.4 is 0 Å². The highest BCUT2D eigenvalue weighted by Gasteiger charge is 2.24. The van der Waals surface area contributed by atoms with Gasteiger partial charge in [-0.25, -0.2) is 0 Å². The van der Waals surface area contributed by atoms with Gasteiger partial charge in [0.15, 0.2) is 0 Å². The van der Waals surface area contributed by atoms with Crippen molar-refractivity contribution in [1.29, 1.82) is 10.5 Å². The van der Waals surface area contributed by atoms with E-state index < -0.39 is 0 Å². The van der Waals surface area contributed by atoms with E-state index in [-0.39, 0.29) is 11.0 Å². The van der Waals surface area contributed by atoms with Gasteiger partial charge in [0.2, 0.25) is 0 Å². The van der Waals surface area contributed by atoms with E-state index in [2.05, 4.69) is 27.7 Å². The first kappa shape index (κ1) is 14.5. The first-order valence-corrected chi connectivity index (χ1v) is 5.55. The lowest BCUT2D eigenvalue weighted by Crippen LogP contribution is -2.19. The Balaban J connectivity index is 5.24. The number of rotatable bonds is 4. The summed E-state index contributed by atoms with van der Waals surface area (Å²) in [7, 11) is 0. The van der Waals surface area contributed by atoms with Crippen molar-refractivity contribution in [3.63, 3.8) is 0 Å².